The second-order valence-electron chi connectivity index (χ2n) is 10.7. The molecule has 2 nitrogen and oxygen atoms in total. The zero-order chi connectivity index (χ0) is 17.6. The van der Waals surface area contributed by atoms with Gasteiger partial charge < -0.3 is 5.11 Å². The third kappa shape index (κ3) is 2.03. The highest BCUT2D eigenvalue weighted by atomic mass is 79.9. The summed E-state index contributed by atoms with van der Waals surface area (Å²) in [6, 6.07) is 0. The number of alkyl halides is 1. The largest absolute Gasteiger partial charge is 0.390 e. The van der Waals surface area contributed by atoms with Crippen LogP contribution in [0.3, 0.4) is 0 Å². The Hall–Kier alpha value is 0.110. The second-order valence-corrected chi connectivity index (χ2v) is 11.2. The minimum Gasteiger partial charge on any atom is -0.390 e. The molecule has 0 aromatic carbocycles. The molecule has 3 heteroatoms. The molecule has 1 N–H and O–H groups in total. The van der Waals surface area contributed by atoms with Gasteiger partial charge in [-0.15, -0.1) is 0 Å². The van der Waals surface area contributed by atoms with Crippen LogP contribution in [0, 0.1) is 46.3 Å². The average molecular weight is 409 g/mol. The summed E-state index contributed by atoms with van der Waals surface area (Å²) in [5, 5.41) is 11.8. The quantitative estimate of drug-likeness (QED) is 0.654. The van der Waals surface area contributed by atoms with Crippen LogP contribution >= 0.6 is 15.9 Å². The van der Waals surface area contributed by atoms with Crippen molar-refractivity contribution in [1.82, 2.24) is 0 Å². The van der Waals surface area contributed by atoms with E-state index in [-0.39, 0.29) is 10.8 Å². The molecule has 5 saturated carbocycles. The van der Waals surface area contributed by atoms with Crippen molar-refractivity contribution in [3.8, 4) is 0 Å². The van der Waals surface area contributed by atoms with E-state index in [9.17, 15) is 9.90 Å². The molecule has 0 aromatic heterocycles. The van der Waals surface area contributed by atoms with Crippen molar-refractivity contribution >= 4 is 21.7 Å². The fraction of sp³-hybridized carbons (Fsp3) is 0.955. The van der Waals surface area contributed by atoms with Crippen LogP contribution in [0.5, 0.6) is 0 Å². The summed E-state index contributed by atoms with van der Waals surface area (Å²) >= 11 is 3.56. The molecule has 25 heavy (non-hydrogen) atoms. The number of hydrogen-bond donors (Lipinski definition) is 1. The lowest BCUT2D eigenvalue weighted by Crippen LogP contribution is -2.65. The fourth-order valence-corrected chi connectivity index (χ4v) is 9.56. The van der Waals surface area contributed by atoms with E-state index < -0.39 is 5.60 Å². The monoisotopic (exact) mass is 408 g/mol. The smallest absolute Gasteiger partial charge is 0.150 e. The molecule has 0 amide bonds. The molecule has 5 fully saturated rings. The second kappa shape index (κ2) is 5.34. The predicted octanol–water partition coefficient (Wildman–Crippen LogP) is 4.97. The Balaban J connectivity index is 1.62. The predicted molar refractivity (Wildman–Crippen MR) is 102 cm³/mol. The molecule has 0 spiro atoms. The summed E-state index contributed by atoms with van der Waals surface area (Å²) in [6.07, 6.45) is 10.8. The van der Waals surface area contributed by atoms with Crippen LogP contribution in [-0.4, -0.2) is 21.8 Å². The Bertz CT molecular complexity index is 601. The molecule has 5 rings (SSSR count). The molecule has 0 radical (unpaired) electrons. The minimum atomic E-state index is -0.573. The lowest BCUT2D eigenvalue weighted by atomic mass is 9.38. The van der Waals surface area contributed by atoms with Crippen molar-refractivity contribution in [3.05, 3.63) is 0 Å². The van der Waals surface area contributed by atoms with E-state index in [1.807, 2.05) is 0 Å². The van der Waals surface area contributed by atoms with Crippen LogP contribution < -0.4 is 0 Å². The third-order valence-electron chi connectivity index (χ3n) is 9.89. The summed E-state index contributed by atoms with van der Waals surface area (Å²) in [7, 11) is 0. The zero-order valence-corrected chi connectivity index (χ0v) is 17.4. The van der Waals surface area contributed by atoms with Crippen LogP contribution in [0.4, 0.5) is 0 Å². The first-order valence-corrected chi connectivity index (χ1v) is 11.8. The Labute approximate surface area is 160 Å². The number of carbonyl (C=O) groups excluding carboxylic acids is 1. The van der Waals surface area contributed by atoms with Crippen LogP contribution in [0.15, 0.2) is 0 Å². The van der Waals surface area contributed by atoms with Gasteiger partial charge in [0.05, 0.1) is 10.9 Å². The number of fused-ring (bicyclic) bond motifs is 7. The number of hydrogen-bond acceptors (Lipinski definition) is 2. The number of aliphatic hydroxyl groups is 1. The average Bonchev–Trinajstić information content (AvgIpc) is 3.25. The van der Waals surface area contributed by atoms with E-state index >= 15 is 0 Å². The van der Waals surface area contributed by atoms with Gasteiger partial charge in [0.2, 0.25) is 0 Å². The van der Waals surface area contributed by atoms with E-state index in [2.05, 4.69) is 29.8 Å². The van der Waals surface area contributed by atoms with Gasteiger partial charge in [-0.2, -0.15) is 0 Å². The van der Waals surface area contributed by atoms with Gasteiger partial charge in [-0.1, -0.05) is 29.3 Å². The molecular formula is C22H33BrO2. The number of rotatable bonds is 2. The van der Waals surface area contributed by atoms with Crippen LogP contribution in [-0.2, 0) is 4.79 Å². The number of ketones is 1. The van der Waals surface area contributed by atoms with Gasteiger partial charge in [-0.05, 0) is 99.2 Å². The maximum atomic E-state index is 13.5. The third-order valence-corrected chi connectivity index (χ3v) is 10.4. The summed E-state index contributed by atoms with van der Waals surface area (Å²) in [5.41, 5.74) is -0.557. The Morgan fingerprint density at radius 1 is 1.08 bits per heavy atom. The summed E-state index contributed by atoms with van der Waals surface area (Å²) < 4.78 is 0. The number of Topliss-reactive ketones (excluding diaryl/α,β-unsaturated/α-hetero) is 1. The first-order valence-electron chi connectivity index (χ1n) is 10.7. The Morgan fingerprint density at radius 2 is 1.84 bits per heavy atom. The van der Waals surface area contributed by atoms with Gasteiger partial charge in [0.15, 0.2) is 0 Å². The van der Waals surface area contributed by atoms with Crippen molar-refractivity contribution in [2.45, 2.75) is 77.2 Å². The maximum absolute atomic E-state index is 13.5. The molecule has 5 aliphatic rings. The molecule has 0 aliphatic heterocycles. The lowest BCUT2D eigenvalue weighted by Gasteiger charge is -2.65. The fourth-order valence-electron chi connectivity index (χ4n) is 9.06. The van der Waals surface area contributed by atoms with Crippen molar-refractivity contribution in [2.75, 3.05) is 5.33 Å². The molecule has 5 aliphatic carbocycles. The molecule has 0 unspecified atom stereocenters. The molecule has 0 saturated heterocycles. The van der Waals surface area contributed by atoms with E-state index in [0.717, 1.165) is 43.4 Å². The highest BCUT2D eigenvalue weighted by Crippen LogP contribution is 2.77. The van der Waals surface area contributed by atoms with Crippen molar-refractivity contribution < 1.29 is 9.90 Å². The zero-order valence-electron chi connectivity index (χ0n) is 15.8. The first kappa shape index (κ1) is 17.2. The molecular weight excluding hydrogens is 376 g/mol. The van der Waals surface area contributed by atoms with Crippen LogP contribution in [0.2, 0.25) is 0 Å². The van der Waals surface area contributed by atoms with Crippen molar-refractivity contribution in [2.24, 2.45) is 46.3 Å². The van der Waals surface area contributed by atoms with E-state index in [1.54, 1.807) is 0 Å². The van der Waals surface area contributed by atoms with E-state index in [4.69, 9.17) is 0 Å². The summed E-state index contributed by atoms with van der Waals surface area (Å²) in [6.45, 7) is 4.56. The topological polar surface area (TPSA) is 37.3 Å². The Kier molecular flexibility index (Phi) is 3.68. The van der Waals surface area contributed by atoms with Gasteiger partial charge >= 0.3 is 0 Å². The van der Waals surface area contributed by atoms with Gasteiger partial charge in [0, 0.05) is 5.41 Å². The van der Waals surface area contributed by atoms with Gasteiger partial charge in [-0.25, -0.2) is 0 Å². The standard InChI is InChI=1S/C22H33BrO2/c1-20-11-14-10-15(14)16(20)5-6-17-19-13(4-3-8-21(19,2)25)7-9-22(17,20)18(24)12-23/h13-17,19,25H,3-12H2,1-2H3/t13-,14+,15+,16-,17+,19+,20-,21+,22+/m0/s1. The molecule has 9 atom stereocenters. The normalized spacial score (nSPS) is 59.4. The minimum absolute atomic E-state index is 0.171. The summed E-state index contributed by atoms with van der Waals surface area (Å²) in [5.74, 6) is 4.43. The highest BCUT2D eigenvalue weighted by molar-refractivity contribution is 9.09. The van der Waals surface area contributed by atoms with Crippen molar-refractivity contribution in [3.63, 3.8) is 0 Å². The molecule has 0 bridgehead atoms. The van der Waals surface area contributed by atoms with E-state index in [1.165, 1.54) is 32.1 Å². The number of carbonyl (C=O) groups is 1. The molecule has 140 valence electrons. The first-order chi connectivity index (χ1) is 11.8. The highest BCUT2D eigenvalue weighted by Gasteiger charge is 2.73. The SMILES string of the molecule is C[C@]12C[C@H]3C[C@H]3[C@@H]1CC[C@@H]1[C@H]3[C@@H](CCC[C@@]3(C)O)CC[C@]12C(=O)CBr. The Morgan fingerprint density at radius 3 is 2.60 bits per heavy atom. The summed E-state index contributed by atoms with van der Waals surface area (Å²) in [4.78, 5) is 13.5. The maximum Gasteiger partial charge on any atom is 0.150 e. The van der Waals surface area contributed by atoms with Gasteiger partial charge in [-0.3, -0.25) is 4.79 Å². The number of halogens is 1. The van der Waals surface area contributed by atoms with Crippen molar-refractivity contribution in [1.29, 1.82) is 0 Å². The van der Waals surface area contributed by atoms with Crippen LogP contribution in [0.1, 0.15) is 71.6 Å². The lowest BCUT2D eigenvalue weighted by molar-refractivity contribution is -0.203. The van der Waals surface area contributed by atoms with E-state index in [0.29, 0.717) is 28.9 Å². The van der Waals surface area contributed by atoms with Crippen LogP contribution in [0.25, 0.3) is 0 Å². The van der Waals surface area contributed by atoms with Gasteiger partial charge in [0.1, 0.15) is 5.78 Å². The van der Waals surface area contributed by atoms with Gasteiger partial charge in [0.25, 0.3) is 0 Å². The molecule has 0 heterocycles. The molecule has 0 aromatic rings.